The fourth-order valence-corrected chi connectivity index (χ4v) is 2.68. The number of aromatic nitrogens is 1. The molecule has 0 N–H and O–H groups in total. The van der Waals surface area contributed by atoms with Crippen LogP contribution in [0.4, 0.5) is 5.69 Å². The quantitative estimate of drug-likeness (QED) is 0.576. The molecule has 1 aromatic heterocycles. The molecule has 0 bridgehead atoms. The van der Waals surface area contributed by atoms with E-state index in [0.717, 1.165) is 39.0 Å². The second-order valence-corrected chi connectivity index (χ2v) is 6.08. The minimum atomic E-state index is 0.733. The van der Waals surface area contributed by atoms with E-state index in [2.05, 4.69) is 28.7 Å². The molecule has 0 saturated carbocycles. The first-order valence-electron chi connectivity index (χ1n) is 7.70. The fraction of sp³-hybridized carbons (Fsp3) is 0.150. The van der Waals surface area contributed by atoms with E-state index in [0.29, 0.717) is 0 Å². The second-order valence-electron chi connectivity index (χ2n) is 5.67. The van der Waals surface area contributed by atoms with Crippen LogP contribution >= 0.6 is 11.6 Å². The first-order chi connectivity index (χ1) is 11.6. The summed E-state index contributed by atoms with van der Waals surface area (Å²) in [5.41, 5.74) is 5.17. The van der Waals surface area contributed by atoms with Gasteiger partial charge in [-0.25, -0.2) is 0 Å². The van der Waals surface area contributed by atoms with Gasteiger partial charge >= 0.3 is 0 Å². The van der Waals surface area contributed by atoms with Crippen molar-refractivity contribution >= 4 is 23.5 Å². The molecule has 0 aliphatic heterocycles. The van der Waals surface area contributed by atoms with Crippen LogP contribution in [0.5, 0.6) is 5.75 Å². The Labute approximate surface area is 147 Å². The van der Waals surface area contributed by atoms with Gasteiger partial charge in [0.15, 0.2) is 0 Å². The molecule has 3 nitrogen and oxygen atoms in total. The Morgan fingerprint density at radius 1 is 1.04 bits per heavy atom. The number of hydrogen-bond donors (Lipinski definition) is 0. The number of hydrogen-bond acceptors (Lipinski definition) is 2. The molecule has 3 aromatic rings. The lowest BCUT2D eigenvalue weighted by atomic mass is 10.2. The molecule has 1 heterocycles. The van der Waals surface area contributed by atoms with Crippen LogP contribution in [0.1, 0.15) is 16.8 Å². The molecule has 0 saturated heterocycles. The highest BCUT2D eigenvalue weighted by atomic mass is 35.5. The molecule has 0 aliphatic carbocycles. The zero-order valence-corrected chi connectivity index (χ0v) is 14.7. The Morgan fingerprint density at radius 3 is 2.46 bits per heavy atom. The summed E-state index contributed by atoms with van der Waals surface area (Å²) >= 11 is 6.14. The minimum absolute atomic E-state index is 0.733. The van der Waals surface area contributed by atoms with Crippen LogP contribution in [-0.2, 0) is 0 Å². The number of nitrogens with zero attached hydrogens (tertiary/aromatic N) is 2. The number of rotatable bonds is 4. The standard InChI is InChI=1S/C20H19ClN2O/c1-14-4-5-17(11-20(14)21)22-12-16-10-15(2)23(13-16)18-6-8-19(24-3)9-7-18/h4-13H,1-3H3. The monoisotopic (exact) mass is 338 g/mol. The molecule has 0 atom stereocenters. The van der Waals surface area contributed by atoms with Gasteiger partial charge in [-0.3, -0.25) is 4.99 Å². The van der Waals surface area contributed by atoms with Gasteiger partial charge in [-0.05, 0) is 61.9 Å². The number of halogens is 1. The minimum Gasteiger partial charge on any atom is -0.497 e. The Bertz CT molecular complexity index is 879. The van der Waals surface area contributed by atoms with Gasteiger partial charge in [-0.15, -0.1) is 0 Å². The van der Waals surface area contributed by atoms with E-state index in [4.69, 9.17) is 16.3 Å². The van der Waals surface area contributed by atoms with Gasteiger partial charge < -0.3 is 9.30 Å². The Kier molecular flexibility index (Phi) is 4.72. The predicted molar refractivity (Wildman–Crippen MR) is 101 cm³/mol. The Morgan fingerprint density at radius 2 is 1.79 bits per heavy atom. The van der Waals surface area contributed by atoms with Gasteiger partial charge in [0.2, 0.25) is 0 Å². The van der Waals surface area contributed by atoms with Crippen molar-refractivity contribution in [2.24, 2.45) is 4.99 Å². The molecule has 122 valence electrons. The van der Waals surface area contributed by atoms with Crippen LogP contribution in [0.15, 0.2) is 59.7 Å². The zero-order valence-electron chi connectivity index (χ0n) is 14.0. The van der Waals surface area contributed by atoms with E-state index in [1.807, 2.05) is 55.6 Å². The Hall–Kier alpha value is -2.52. The van der Waals surface area contributed by atoms with Gasteiger partial charge in [0, 0.05) is 34.4 Å². The highest BCUT2D eigenvalue weighted by Gasteiger charge is 2.04. The molecule has 0 spiro atoms. The lowest BCUT2D eigenvalue weighted by molar-refractivity contribution is 0.414. The van der Waals surface area contributed by atoms with E-state index < -0.39 is 0 Å². The first-order valence-corrected chi connectivity index (χ1v) is 8.08. The topological polar surface area (TPSA) is 26.5 Å². The van der Waals surface area contributed by atoms with Crippen molar-refractivity contribution in [2.75, 3.05) is 7.11 Å². The van der Waals surface area contributed by atoms with Gasteiger partial charge in [0.05, 0.1) is 12.8 Å². The van der Waals surface area contributed by atoms with E-state index in [1.165, 1.54) is 0 Å². The van der Waals surface area contributed by atoms with Crippen LogP contribution in [0.2, 0.25) is 5.02 Å². The molecular formula is C20H19ClN2O. The molecular weight excluding hydrogens is 320 g/mol. The van der Waals surface area contributed by atoms with Crippen molar-refractivity contribution in [1.29, 1.82) is 0 Å². The molecule has 24 heavy (non-hydrogen) atoms. The van der Waals surface area contributed by atoms with Crippen molar-refractivity contribution in [3.05, 3.63) is 76.6 Å². The highest BCUT2D eigenvalue weighted by Crippen LogP contribution is 2.23. The first kappa shape index (κ1) is 16.3. The van der Waals surface area contributed by atoms with E-state index in [1.54, 1.807) is 7.11 Å². The van der Waals surface area contributed by atoms with E-state index in [9.17, 15) is 0 Å². The molecule has 3 rings (SSSR count). The zero-order chi connectivity index (χ0) is 17.1. The lowest BCUT2D eigenvalue weighted by Gasteiger charge is -2.06. The second kappa shape index (κ2) is 6.93. The smallest absolute Gasteiger partial charge is 0.119 e. The van der Waals surface area contributed by atoms with Crippen LogP contribution in [0.25, 0.3) is 5.69 Å². The van der Waals surface area contributed by atoms with E-state index in [-0.39, 0.29) is 0 Å². The maximum absolute atomic E-state index is 6.14. The molecule has 4 heteroatoms. The SMILES string of the molecule is COc1ccc(-n2cc(C=Nc3ccc(C)c(Cl)c3)cc2C)cc1. The summed E-state index contributed by atoms with van der Waals surface area (Å²) in [5.74, 6) is 0.849. The van der Waals surface area contributed by atoms with Crippen LogP contribution in [0, 0.1) is 13.8 Å². The fourth-order valence-electron chi connectivity index (χ4n) is 2.50. The molecule has 0 fully saturated rings. The highest BCUT2D eigenvalue weighted by molar-refractivity contribution is 6.31. The van der Waals surface area contributed by atoms with Crippen molar-refractivity contribution in [3.63, 3.8) is 0 Å². The Balaban J connectivity index is 1.85. The van der Waals surface area contributed by atoms with Gasteiger partial charge in [0.1, 0.15) is 5.75 Å². The van der Waals surface area contributed by atoms with Crippen LogP contribution in [-0.4, -0.2) is 17.9 Å². The summed E-state index contributed by atoms with van der Waals surface area (Å²) in [6.45, 7) is 4.05. The lowest BCUT2D eigenvalue weighted by Crippen LogP contribution is -1.94. The van der Waals surface area contributed by atoms with Gasteiger partial charge in [-0.1, -0.05) is 17.7 Å². The van der Waals surface area contributed by atoms with Gasteiger partial charge in [-0.2, -0.15) is 0 Å². The van der Waals surface area contributed by atoms with Crippen molar-refractivity contribution in [2.45, 2.75) is 13.8 Å². The van der Waals surface area contributed by atoms with Crippen molar-refractivity contribution < 1.29 is 4.74 Å². The maximum atomic E-state index is 6.14. The largest absolute Gasteiger partial charge is 0.497 e. The average Bonchev–Trinajstić information content (AvgIpc) is 2.97. The average molecular weight is 339 g/mol. The summed E-state index contributed by atoms with van der Waals surface area (Å²) in [4.78, 5) is 4.51. The number of aliphatic imine (C=N–C) groups is 1. The number of benzene rings is 2. The summed E-state index contributed by atoms with van der Waals surface area (Å²) in [5, 5.41) is 0.733. The van der Waals surface area contributed by atoms with Gasteiger partial charge in [0.25, 0.3) is 0 Å². The number of aryl methyl sites for hydroxylation is 2. The predicted octanol–water partition coefficient (Wildman–Crippen LogP) is 5.51. The van der Waals surface area contributed by atoms with E-state index >= 15 is 0 Å². The van der Waals surface area contributed by atoms with Crippen LogP contribution < -0.4 is 4.74 Å². The van der Waals surface area contributed by atoms with Crippen LogP contribution in [0.3, 0.4) is 0 Å². The summed E-state index contributed by atoms with van der Waals surface area (Å²) in [6, 6.07) is 15.9. The third-order valence-corrected chi connectivity index (χ3v) is 4.31. The summed E-state index contributed by atoms with van der Waals surface area (Å²) in [6.07, 6.45) is 3.92. The molecule has 0 unspecified atom stereocenters. The third-order valence-electron chi connectivity index (χ3n) is 3.90. The number of ether oxygens (including phenoxy) is 1. The number of methoxy groups -OCH3 is 1. The normalized spacial score (nSPS) is 11.2. The summed E-state index contributed by atoms with van der Waals surface area (Å²) in [7, 11) is 1.67. The maximum Gasteiger partial charge on any atom is 0.119 e. The summed E-state index contributed by atoms with van der Waals surface area (Å²) < 4.78 is 7.33. The molecule has 0 amide bonds. The van der Waals surface area contributed by atoms with Crippen molar-refractivity contribution in [1.82, 2.24) is 4.57 Å². The molecule has 0 aliphatic rings. The van der Waals surface area contributed by atoms with Crippen molar-refractivity contribution in [3.8, 4) is 11.4 Å². The molecule has 2 aromatic carbocycles. The third kappa shape index (κ3) is 3.52. The molecule has 0 radical (unpaired) electrons.